The number of hydrogen-bond acceptors (Lipinski definition) is 4. The molecule has 0 aromatic rings. The maximum Gasteiger partial charge on any atom is 0.268 e. The summed E-state index contributed by atoms with van der Waals surface area (Å²) in [6.45, 7) is 3.85. The van der Waals surface area contributed by atoms with Gasteiger partial charge in [-0.25, -0.2) is 0 Å². The topological polar surface area (TPSA) is 58.6 Å². The molecule has 1 rings (SSSR count). The van der Waals surface area contributed by atoms with E-state index in [4.69, 9.17) is 9.05 Å². The van der Waals surface area contributed by atoms with Gasteiger partial charge in [-0.2, -0.15) is 0 Å². The Bertz CT molecular complexity index is 472. The third kappa shape index (κ3) is 15.5. The average Bonchev–Trinajstić information content (AvgIpc) is 3.07. The lowest BCUT2D eigenvalue weighted by Gasteiger charge is -2.33. The summed E-state index contributed by atoms with van der Waals surface area (Å²) in [6, 6.07) is 0.251. The second-order valence-corrected chi connectivity index (χ2v) is 11.6. The lowest BCUT2D eigenvalue weighted by Crippen LogP contribution is -2.46. The number of unbranched alkanes of at least 4 members (excludes halogenated alkanes) is 15. The number of phosphoric ester groups is 1. The molecule has 186 valence electrons. The van der Waals surface area contributed by atoms with Crippen LogP contribution in [0.2, 0.25) is 0 Å². The molecular weight excluding hydrogens is 409 g/mol. The van der Waals surface area contributed by atoms with Crippen LogP contribution in [0.15, 0.2) is 0 Å². The first-order valence-electron chi connectivity index (χ1n) is 13.3. The van der Waals surface area contributed by atoms with Crippen molar-refractivity contribution < 1.29 is 23.0 Å². The van der Waals surface area contributed by atoms with Crippen molar-refractivity contribution in [2.75, 3.05) is 33.9 Å². The Morgan fingerprint density at radius 1 is 0.774 bits per heavy atom. The fourth-order valence-electron chi connectivity index (χ4n) is 4.59. The first-order chi connectivity index (χ1) is 14.9. The normalized spacial score (nSPS) is 20.2. The molecule has 0 radical (unpaired) electrons. The molecule has 0 aliphatic carbocycles. The van der Waals surface area contributed by atoms with Gasteiger partial charge >= 0.3 is 0 Å². The Kier molecular flexibility index (Phi) is 16.5. The van der Waals surface area contributed by atoms with Crippen LogP contribution in [-0.2, 0) is 13.6 Å². The van der Waals surface area contributed by atoms with Crippen molar-refractivity contribution in [1.29, 1.82) is 0 Å². The molecule has 1 saturated heterocycles. The highest BCUT2D eigenvalue weighted by Gasteiger charge is 2.34. The molecule has 0 spiro atoms. The molecule has 0 N–H and O–H groups in total. The zero-order valence-electron chi connectivity index (χ0n) is 21.0. The van der Waals surface area contributed by atoms with E-state index in [-0.39, 0.29) is 19.3 Å². The summed E-state index contributed by atoms with van der Waals surface area (Å²) >= 11 is 0. The van der Waals surface area contributed by atoms with Gasteiger partial charge in [0.25, 0.3) is 7.82 Å². The fraction of sp³-hybridized carbons (Fsp3) is 1.00. The van der Waals surface area contributed by atoms with Crippen molar-refractivity contribution in [2.45, 2.75) is 129 Å². The van der Waals surface area contributed by atoms with Gasteiger partial charge in [-0.3, -0.25) is 4.57 Å². The molecule has 2 unspecified atom stereocenters. The highest BCUT2D eigenvalue weighted by molar-refractivity contribution is 7.45. The molecule has 0 amide bonds. The second kappa shape index (κ2) is 17.5. The number of likely N-dealkylation sites (tertiary alicyclic amines) is 1. The molecule has 0 aromatic heterocycles. The maximum absolute atomic E-state index is 11.9. The number of quaternary nitrogens is 1. The third-order valence-corrected chi connectivity index (χ3v) is 7.90. The molecule has 0 aromatic carbocycles. The summed E-state index contributed by atoms with van der Waals surface area (Å²) < 4.78 is 23.0. The Morgan fingerprint density at radius 2 is 1.23 bits per heavy atom. The summed E-state index contributed by atoms with van der Waals surface area (Å²) in [5.74, 6) is 0. The molecule has 0 saturated carbocycles. The average molecular weight is 462 g/mol. The van der Waals surface area contributed by atoms with Crippen LogP contribution in [-0.4, -0.2) is 44.4 Å². The molecule has 5 nitrogen and oxygen atoms in total. The van der Waals surface area contributed by atoms with E-state index in [9.17, 15) is 9.46 Å². The summed E-state index contributed by atoms with van der Waals surface area (Å²) in [5, 5.41) is 0. The van der Waals surface area contributed by atoms with Gasteiger partial charge in [-0.05, 0) is 6.42 Å². The fourth-order valence-corrected chi connectivity index (χ4v) is 5.37. The lowest BCUT2D eigenvalue weighted by atomic mass is 10.0. The Hall–Kier alpha value is 0.0700. The minimum absolute atomic E-state index is 0.243. The van der Waals surface area contributed by atoms with Crippen molar-refractivity contribution in [3.8, 4) is 0 Å². The molecule has 1 aliphatic rings. The summed E-state index contributed by atoms with van der Waals surface area (Å²) in [7, 11) is 0.115. The highest BCUT2D eigenvalue weighted by Crippen LogP contribution is 2.40. The van der Waals surface area contributed by atoms with E-state index < -0.39 is 7.82 Å². The maximum atomic E-state index is 11.9. The minimum Gasteiger partial charge on any atom is -0.756 e. The van der Waals surface area contributed by atoms with Crippen LogP contribution in [0.25, 0.3) is 0 Å². The van der Waals surface area contributed by atoms with Crippen LogP contribution in [0.5, 0.6) is 0 Å². The number of phosphoric acid groups is 1. The van der Waals surface area contributed by atoms with Crippen LogP contribution in [0.4, 0.5) is 0 Å². The SMILES string of the molecule is CCCCCCCCCCCCCCCCCCOP(=O)([O-])OCC1CCC[N+]1(C)C. The van der Waals surface area contributed by atoms with Gasteiger partial charge in [0.2, 0.25) is 0 Å². The van der Waals surface area contributed by atoms with Crippen molar-refractivity contribution >= 4 is 7.82 Å². The monoisotopic (exact) mass is 461 g/mol. The van der Waals surface area contributed by atoms with Gasteiger partial charge in [0.1, 0.15) is 12.6 Å². The number of likely N-dealkylation sites (N-methyl/N-ethyl adjacent to an activating group) is 1. The second-order valence-electron chi connectivity index (χ2n) is 10.2. The largest absolute Gasteiger partial charge is 0.756 e. The lowest BCUT2D eigenvalue weighted by molar-refractivity contribution is -0.902. The Morgan fingerprint density at radius 3 is 1.65 bits per heavy atom. The van der Waals surface area contributed by atoms with Gasteiger partial charge in [-0.1, -0.05) is 103 Å². The van der Waals surface area contributed by atoms with E-state index in [1.807, 2.05) is 0 Å². The van der Waals surface area contributed by atoms with E-state index in [1.165, 1.54) is 89.9 Å². The molecular formula is C25H52NO4P. The van der Waals surface area contributed by atoms with E-state index >= 15 is 0 Å². The minimum atomic E-state index is -4.15. The predicted molar refractivity (Wildman–Crippen MR) is 129 cm³/mol. The summed E-state index contributed by atoms with van der Waals surface area (Å²) in [6.07, 6.45) is 23.0. The van der Waals surface area contributed by atoms with Crippen molar-refractivity contribution in [1.82, 2.24) is 0 Å². The highest BCUT2D eigenvalue weighted by atomic mass is 31.2. The molecule has 1 heterocycles. The van der Waals surface area contributed by atoms with E-state index in [0.717, 1.165) is 36.7 Å². The zero-order chi connectivity index (χ0) is 22.8. The van der Waals surface area contributed by atoms with Crippen molar-refractivity contribution in [3.63, 3.8) is 0 Å². The van der Waals surface area contributed by atoms with Crippen LogP contribution in [0.1, 0.15) is 122 Å². The quantitative estimate of drug-likeness (QED) is 0.105. The number of hydrogen-bond donors (Lipinski definition) is 0. The van der Waals surface area contributed by atoms with Gasteiger partial charge in [0, 0.05) is 12.8 Å². The zero-order valence-corrected chi connectivity index (χ0v) is 21.8. The van der Waals surface area contributed by atoms with E-state index in [1.54, 1.807) is 0 Å². The van der Waals surface area contributed by atoms with Gasteiger partial charge < -0.3 is 18.4 Å². The molecule has 6 heteroatoms. The van der Waals surface area contributed by atoms with Crippen LogP contribution in [0.3, 0.4) is 0 Å². The Labute approximate surface area is 193 Å². The Balaban J connectivity index is 1.83. The van der Waals surface area contributed by atoms with Gasteiger partial charge in [0.05, 0.1) is 27.2 Å². The predicted octanol–water partition coefficient (Wildman–Crippen LogP) is 6.99. The van der Waals surface area contributed by atoms with E-state index in [2.05, 4.69) is 21.0 Å². The molecule has 1 fully saturated rings. The van der Waals surface area contributed by atoms with Crippen molar-refractivity contribution in [2.24, 2.45) is 0 Å². The molecule has 0 bridgehead atoms. The number of nitrogens with zero attached hydrogens (tertiary/aromatic N) is 1. The van der Waals surface area contributed by atoms with Crippen molar-refractivity contribution in [3.05, 3.63) is 0 Å². The summed E-state index contributed by atoms with van der Waals surface area (Å²) in [4.78, 5) is 11.9. The third-order valence-electron chi connectivity index (χ3n) is 6.93. The summed E-state index contributed by atoms with van der Waals surface area (Å²) in [5.41, 5.74) is 0. The smallest absolute Gasteiger partial charge is 0.268 e. The van der Waals surface area contributed by atoms with Crippen LogP contribution < -0.4 is 4.89 Å². The molecule has 1 aliphatic heterocycles. The van der Waals surface area contributed by atoms with Crippen LogP contribution >= 0.6 is 7.82 Å². The number of rotatable bonds is 21. The van der Waals surface area contributed by atoms with Gasteiger partial charge in [-0.15, -0.1) is 0 Å². The van der Waals surface area contributed by atoms with Gasteiger partial charge in [0.15, 0.2) is 0 Å². The standard InChI is InChI=1S/C25H52NO4P/c1-4-5-6-7-8-9-10-11-12-13-14-15-16-17-18-19-23-29-31(27,28)30-24-25-21-20-22-26(25,2)3/h25H,4-24H2,1-3H3. The molecule has 2 atom stereocenters. The first kappa shape index (κ1) is 29.1. The molecule has 31 heavy (non-hydrogen) atoms. The van der Waals surface area contributed by atoms with Crippen LogP contribution in [0, 0.1) is 0 Å². The van der Waals surface area contributed by atoms with E-state index in [0.29, 0.717) is 0 Å². The first-order valence-corrected chi connectivity index (χ1v) is 14.8.